The van der Waals surface area contributed by atoms with Crippen LogP contribution in [0, 0.1) is 0 Å². The van der Waals surface area contributed by atoms with Crippen molar-refractivity contribution < 1.29 is 18.0 Å². The zero-order chi connectivity index (χ0) is 20.3. The second-order valence-corrected chi connectivity index (χ2v) is 6.33. The Balaban J connectivity index is 0.00000300. The fourth-order valence-electron chi connectivity index (χ4n) is 3.01. The number of aromatic nitrogens is 4. The van der Waals surface area contributed by atoms with Crippen molar-refractivity contribution in [1.82, 2.24) is 29.5 Å². The first-order valence-corrected chi connectivity index (χ1v) is 8.58. The summed E-state index contributed by atoms with van der Waals surface area (Å²) in [6, 6.07) is 0. The number of imidazole rings is 1. The number of carbonyl (C=O) groups is 1. The molecule has 0 radical (unpaired) electrons. The number of halogens is 4. The first-order valence-electron chi connectivity index (χ1n) is 8.58. The van der Waals surface area contributed by atoms with Crippen LogP contribution in [0.25, 0.3) is 0 Å². The van der Waals surface area contributed by atoms with Crippen LogP contribution in [0.3, 0.4) is 0 Å². The van der Waals surface area contributed by atoms with Gasteiger partial charge >= 0.3 is 6.18 Å². The topological polar surface area (TPSA) is 83.6 Å². The Kier molecular flexibility index (Phi) is 7.48. The summed E-state index contributed by atoms with van der Waals surface area (Å²) in [5, 5.41) is 7.06. The smallest absolute Gasteiger partial charge is 0.349 e. The van der Waals surface area contributed by atoms with Crippen LogP contribution in [0.1, 0.15) is 5.82 Å². The molecule has 0 bridgehead atoms. The van der Waals surface area contributed by atoms with E-state index in [1.54, 1.807) is 41.0 Å². The number of anilines is 1. The van der Waals surface area contributed by atoms with Crippen molar-refractivity contribution in [2.75, 3.05) is 31.6 Å². The predicted octanol–water partition coefficient (Wildman–Crippen LogP) is 1.22. The minimum absolute atomic E-state index is 0. The van der Waals surface area contributed by atoms with Crippen molar-refractivity contribution in [3.63, 3.8) is 0 Å². The van der Waals surface area contributed by atoms with E-state index in [0.29, 0.717) is 19.0 Å². The molecule has 1 amide bonds. The Hall–Kier alpha value is -2.32. The molecule has 1 N–H and O–H groups in total. The van der Waals surface area contributed by atoms with Gasteiger partial charge < -0.3 is 19.7 Å². The summed E-state index contributed by atoms with van der Waals surface area (Å²) < 4.78 is 40.5. The zero-order valence-electron chi connectivity index (χ0n) is 15.9. The number of aliphatic imine (C=N–C) groups is 1. The Morgan fingerprint density at radius 1 is 1.34 bits per heavy atom. The van der Waals surface area contributed by atoms with E-state index in [2.05, 4.69) is 20.4 Å². The summed E-state index contributed by atoms with van der Waals surface area (Å²) in [7, 11) is 3.33. The van der Waals surface area contributed by atoms with Gasteiger partial charge in [0.15, 0.2) is 5.96 Å². The molecule has 0 spiro atoms. The highest BCUT2D eigenvalue weighted by molar-refractivity contribution is 14.0. The monoisotopic (exact) mass is 526 g/mol. The molecule has 29 heavy (non-hydrogen) atoms. The largest absolute Gasteiger partial charge is 0.406 e. The van der Waals surface area contributed by atoms with Gasteiger partial charge in [0.2, 0.25) is 5.91 Å². The van der Waals surface area contributed by atoms with Gasteiger partial charge in [0.1, 0.15) is 18.9 Å². The van der Waals surface area contributed by atoms with Gasteiger partial charge in [-0.25, -0.2) is 4.98 Å². The van der Waals surface area contributed by atoms with Gasteiger partial charge in [-0.15, -0.1) is 24.0 Å². The number of amides is 1. The number of carbonyl (C=O) groups excluding carboxylic acids is 1. The van der Waals surface area contributed by atoms with E-state index in [0.717, 1.165) is 10.3 Å². The number of nitrogens with zero attached hydrogens (tertiary/aromatic N) is 7. The van der Waals surface area contributed by atoms with Crippen LogP contribution in [-0.4, -0.2) is 69.0 Å². The normalized spacial score (nSPS) is 15.5. The maximum absolute atomic E-state index is 12.6. The minimum atomic E-state index is -4.33. The molecule has 9 nitrogen and oxygen atoms in total. The number of guanidine groups is 1. The first-order chi connectivity index (χ1) is 13.3. The zero-order valence-corrected chi connectivity index (χ0v) is 18.3. The van der Waals surface area contributed by atoms with E-state index in [4.69, 9.17) is 0 Å². The average Bonchev–Trinajstić information content (AvgIpc) is 3.23. The second kappa shape index (κ2) is 9.45. The minimum Gasteiger partial charge on any atom is -0.349 e. The summed E-state index contributed by atoms with van der Waals surface area (Å²) >= 11 is 0. The molecule has 1 fully saturated rings. The molecule has 2 aromatic heterocycles. The number of hydrogen-bond donors (Lipinski definition) is 1. The highest BCUT2D eigenvalue weighted by Gasteiger charge is 2.30. The quantitative estimate of drug-likeness (QED) is 0.368. The third-order valence-electron chi connectivity index (χ3n) is 4.29. The maximum Gasteiger partial charge on any atom is 0.406 e. The van der Waals surface area contributed by atoms with E-state index in [9.17, 15) is 18.0 Å². The fourth-order valence-corrected chi connectivity index (χ4v) is 3.01. The molecule has 0 unspecified atom stereocenters. The fraction of sp³-hybridized carbons (Fsp3) is 0.500. The van der Waals surface area contributed by atoms with Crippen molar-refractivity contribution in [3.8, 4) is 0 Å². The van der Waals surface area contributed by atoms with Gasteiger partial charge in [0.05, 0.1) is 18.4 Å². The van der Waals surface area contributed by atoms with E-state index in [1.807, 2.05) is 0 Å². The summed E-state index contributed by atoms with van der Waals surface area (Å²) in [5.74, 6) is 0.556. The standard InChI is InChI=1S/C16H21F3N8O.HI/c1-20-15(22-8-13-21-3-4-26(13)11-16(17,18)19)25-5-6-27(14(28)10-25)12-7-23-24(2)9-12;/h3-4,7,9H,5-6,8,10-11H2,1-2H3,(H,20,22);1H. The third-order valence-corrected chi connectivity index (χ3v) is 4.29. The van der Waals surface area contributed by atoms with E-state index < -0.39 is 12.7 Å². The lowest BCUT2D eigenvalue weighted by Crippen LogP contribution is -2.55. The Morgan fingerprint density at radius 2 is 2.10 bits per heavy atom. The van der Waals surface area contributed by atoms with Crippen molar-refractivity contribution in [2.45, 2.75) is 19.3 Å². The number of rotatable bonds is 4. The molecule has 0 aliphatic carbocycles. The molecular weight excluding hydrogens is 504 g/mol. The third kappa shape index (κ3) is 5.83. The molecule has 13 heteroatoms. The average molecular weight is 526 g/mol. The molecule has 3 rings (SSSR count). The van der Waals surface area contributed by atoms with Crippen LogP contribution in [0.2, 0.25) is 0 Å². The number of aryl methyl sites for hydroxylation is 1. The summed E-state index contributed by atoms with van der Waals surface area (Å²) in [5.41, 5.74) is 0.726. The Morgan fingerprint density at radius 3 is 2.69 bits per heavy atom. The molecule has 160 valence electrons. The van der Waals surface area contributed by atoms with Crippen LogP contribution >= 0.6 is 24.0 Å². The van der Waals surface area contributed by atoms with Gasteiger partial charge in [-0.05, 0) is 0 Å². The van der Waals surface area contributed by atoms with Crippen LogP contribution < -0.4 is 10.2 Å². The molecule has 0 saturated carbocycles. The number of alkyl halides is 3. The van der Waals surface area contributed by atoms with Crippen molar-refractivity contribution in [3.05, 3.63) is 30.6 Å². The SMILES string of the molecule is CN=C(NCc1nccn1CC(F)(F)F)N1CCN(c2cnn(C)c2)C(=O)C1.I. The first kappa shape index (κ1) is 23.0. The number of nitrogens with one attached hydrogen (secondary N) is 1. The van der Waals surface area contributed by atoms with Gasteiger partial charge in [0.25, 0.3) is 0 Å². The van der Waals surface area contributed by atoms with Gasteiger partial charge in [-0.2, -0.15) is 18.3 Å². The highest BCUT2D eigenvalue weighted by atomic mass is 127. The maximum atomic E-state index is 12.6. The molecule has 1 aliphatic rings. The van der Waals surface area contributed by atoms with Crippen molar-refractivity contribution in [1.29, 1.82) is 0 Å². The van der Waals surface area contributed by atoms with Crippen LogP contribution in [-0.2, 0) is 24.9 Å². The van der Waals surface area contributed by atoms with Crippen LogP contribution in [0.4, 0.5) is 18.9 Å². The Labute approximate surface area is 182 Å². The lowest BCUT2D eigenvalue weighted by atomic mass is 10.3. The Bertz CT molecular complexity index is 862. The summed E-state index contributed by atoms with van der Waals surface area (Å²) in [4.78, 5) is 24.0. The summed E-state index contributed by atoms with van der Waals surface area (Å²) in [6.45, 7) is 0.0361. The van der Waals surface area contributed by atoms with Gasteiger partial charge in [-0.3, -0.25) is 14.5 Å². The number of hydrogen-bond acceptors (Lipinski definition) is 4. The van der Waals surface area contributed by atoms with Crippen molar-refractivity contribution in [2.24, 2.45) is 12.0 Å². The van der Waals surface area contributed by atoms with Gasteiger partial charge in [-0.1, -0.05) is 0 Å². The predicted molar refractivity (Wildman–Crippen MR) is 111 cm³/mol. The molecule has 0 atom stereocenters. The number of piperazine rings is 1. The highest BCUT2D eigenvalue weighted by Crippen LogP contribution is 2.18. The van der Waals surface area contributed by atoms with Crippen LogP contribution in [0.15, 0.2) is 29.8 Å². The summed E-state index contributed by atoms with van der Waals surface area (Å²) in [6.07, 6.45) is 1.67. The molecule has 1 saturated heterocycles. The van der Waals surface area contributed by atoms with E-state index in [1.165, 1.54) is 12.4 Å². The molecule has 0 aromatic carbocycles. The molecule has 3 heterocycles. The molecule has 2 aromatic rings. The van der Waals surface area contributed by atoms with E-state index >= 15 is 0 Å². The molecular formula is C16H22F3IN8O. The molecule has 1 aliphatic heterocycles. The van der Waals surface area contributed by atoms with Crippen molar-refractivity contribution >= 4 is 41.5 Å². The lowest BCUT2D eigenvalue weighted by molar-refractivity contribution is -0.141. The van der Waals surface area contributed by atoms with Crippen LogP contribution in [0.5, 0.6) is 0 Å². The lowest BCUT2D eigenvalue weighted by Gasteiger charge is -2.35. The second-order valence-electron chi connectivity index (χ2n) is 6.33. The van der Waals surface area contributed by atoms with E-state index in [-0.39, 0.29) is 48.8 Å². The van der Waals surface area contributed by atoms with Gasteiger partial charge in [0, 0.05) is 45.8 Å².